The van der Waals surface area contributed by atoms with Crippen molar-refractivity contribution in [1.29, 1.82) is 0 Å². The second-order valence-electron chi connectivity index (χ2n) is 3.24. The molecule has 0 bridgehead atoms. The molecule has 17 heavy (non-hydrogen) atoms. The SMILES string of the molecule is CCn1ncc(Br)c1C(=O)/C=C/CC(F)(F)F. The number of hydrogen-bond acceptors (Lipinski definition) is 2. The normalized spacial score (nSPS) is 12.3. The zero-order valence-corrected chi connectivity index (χ0v) is 10.5. The first-order chi connectivity index (χ1) is 7.85. The number of aryl methyl sites for hydroxylation is 1. The Morgan fingerprint density at radius 3 is 2.76 bits per heavy atom. The quantitative estimate of drug-likeness (QED) is 0.631. The molecule has 0 aliphatic rings. The minimum Gasteiger partial charge on any atom is -0.288 e. The smallest absolute Gasteiger partial charge is 0.288 e. The molecule has 1 rings (SSSR count). The van der Waals surface area contributed by atoms with Gasteiger partial charge in [0.25, 0.3) is 0 Å². The largest absolute Gasteiger partial charge is 0.392 e. The summed E-state index contributed by atoms with van der Waals surface area (Å²) in [5.41, 5.74) is 0.255. The van der Waals surface area contributed by atoms with Crippen LogP contribution >= 0.6 is 15.9 Å². The van der Waals surface area contributed by atoms with Gasteiger partial charge in [-0.1, -0.05) is 6.08 Å². The molecule has 0 aliphatic heterocycles. The van der Waals surface area contributed by atoms with Crippen molar-refractivity contribution in [3.8, 4) is 0 Å². The molecule has 0 atom stereocenters. The molecule has 0 saturated heterocycles. The van der Waals surface area contributed by atoms with E-state index < -0.39 is 18.4 Å². The molecule has 0 unspecified atom stereocenters. The Morgan fingerprint density at radius 1 is 1.59 bits per heavy atom. The highest BCUT2D eigenvalue weighted by molar-refractivity contribution is 9.10. The second kappa shape index (κ2) is 5.48. The van der Waals surface area contributed by atoms with Gasteiger partial charge < -0.3 is 0 Å². The summed E-state index contributed by atoms with van der Waals surface area (Å²) < 4.78 is 37.5. The summed E-state index contributed by atoms with van der Waals surface area (Å²) in [6.07, 6.45) is -2.24. The van der Waals surface area contributed by atoms with Crippen molar-refractivity contribution < 1.29 is 18.0 Å². The van der Waals surface area contributed by atoms with Gasteiger partial charge in [-0.3, -0.25) is 9.48 Å². The molecule has 0 radical (unpaired) electrons. The summed E-state index contributed by atoms with van der Waals surface area (Å²) in [7, 11) is 0. The maximum atomic E-state index is 11.9. The summed E-state index contributed by atoms with van der Waals surface area (Å²) in [5, 5.41) is 3.90. The zero-order valence-electron chi connectivity index (χ0n) is 8.96. The van der Waals surface area contributed by atoms with Crippen molar-refractivity contribution in [3.63, 3.8) is 0 Å². The van der Waals surface area contributed by atoms with Gasteiger partial charge in [-0.05, 0) is 28.9 Å². The highest BCUT2D eigenvalue weighted by Crippen LogP contribution is 2.21. The Morgan fingerprint density at radius 2 is 2.24 bits per heavy atom. The van der Waals surface area contributed by atoms with Crippen LogP contribution in [0.5, 0.6) is 0 Å². The number of nitrogens with zero attached hydrogens (tertiary/aromatic N) is 2. The van der Waals surface area contributed by atoms with Crippen LogP contribution in [0.25, 0.3) is 0 Å². The minimum atomic E-state index is -4.29. The number of halogens is 4. The molecule has 0 aromatic carbocycles. The lowest BCUT2D eigenvalue weighted by Crippen LogP contribution is -2.09. The summed E-state index contributed by atoms with van der Waals surface area (Å²) in [6.45, 7) is 2.26. The number of carbonyl (C=O) groups excluding carboxylic acids is 1. The van der Waals surface area contributed by atoms with Gasteiger partial charge >= 0.3 is 6.18 Å². The lowest BCUT2D eigenvalue weighted by molar-refractivity contribution is -0.125. The van der Waals surface area contributed by atoms with Crippen molar-refractivity contribution in [2.75, 3.05) is 0 Å². The Kier molecular flexibility index (Phi) is 4.50. The van der Waals surface area contributed by atoms with Crippen LogP contribution in [0.2, 0.25) is 0 Å². The predicted molar refractivity (Wildman–Crippen MR) is 59.7 cm³/mol. The van der Waals surface area contributed by atoms with Gasteiger partial charge in [0, 0.05) is 6.54 Å². The van der Waals surface area contributed by atoms with Crippen LogP contribution in [0.3, 0.4) is 0 Å². The summed E-state index contributed by atoms with van der Waals surface area (Å²) in [4.78, 5) is 11.6. The van der Waals surface area contributed by atoms with Gasteiger partial charge in [0.05, 0.1) is 17.1 Å². The van der Waals surface area contributed by atoms with E-state index >= 15 is 0 Å². The number of allylic oxidation sites excluding steroid dienone is 2. The highest BCUT2D eigenvalue weighted by Gasteiger charge is 2.25. The van der Waals surface area contributed by atoms with Gasteiger partial charge in [0.15, 0.2) is 0 Å². The zero-order chi connectivity index (χ0) is 13.1. The molecule has 1 aromatic heterocycles. The lowest BCUT2D eigenvalue weighted by Gasteiger charge is -2.02. The van der Waals surface area contributed by atoms with Crippen LogP contribution in [0.4, 0.5) is 13.2 Å². The standard InChI is InChI=1S/C10H10BrF3N2O/c1-2-16-9(7(11)6-15-16)8(17)4-3-5-10(12,13)14/h3-4,6H,2,5H2,1H3/b4-3+. The number of hydrogen-bond donors (Lipinski definition) is 0. The highest BCUT2D eigenvalue weighted by atomic mass is 79.9. The third-order valence-corrected chi connectivity index (χ3v) is 2.53. The van der Waals surface area contributed by atoms with Crippen molar-refractivity contribution in [3.05, 3.63) is 28.5 Å². The van der Waals surface area contributed by atoms with E-state index in [2.05, 4.69) is 21.0 Å². The van der Waals surface area contributed by atoms with Gasteiger partial charge in [-0.25, -0.2) is 0 Å². The summed E-state index contributed by atoms with van der Waals surface area (Å²) >= 11 is 3.13. The van der Waals surface area contributed by atoms with Crippen LogP contribution < -0.4 is 0 Å². The molecular formula is C10H10BrF3N2O. The van der Waals surface area contributed by atoms with Gasteiger partial charge in [0.2, 0.25) is 5.78 Å². The van der Waals surface area contributed by atoms with Crippen molar-refractivity contribution in [1.82, 2.24) is 9.78 Å². The lowest BCUT2D eigenvalue weighted by atomic mass is 10.2. The fourth-order valence-corrected chi connectivity index (χ4v) is 1.72. The molecular weight excluding hydrogens is 301 g/mol. The maximum absolute atomic E-state index is 11.9. The van der Waals surface area contributed by atoms with Crippen molar-refractivity contribution in [2.45, 2.75) is 26.1 Å². The van der Waals surface area contributed by atoms with Crippen LogP contribution in [0.15, 0.2) is 22.8 Å². The monoisotopic (exact) mass is 310 g/mol. The van der Waals surface area contributed by atoms with E-state index in [0.717, 1.165) is 12.2 Å². The Balaban J connectivity index is 2.80. The number of rotatable bonds is 4. The van der Waals surface area contributed by atoms with E-state index in [1.165, 1.54) is 10.9 Å². The number of ketones is 1. The van der Waals surface area contributed by atoms with E-state index in [0.29, 0.717) is 11.0 Å². The number of carbonyl (C=O) groups is 1. The van der Waals surface area contributed by atoms with Crippen molar-refractivity contribution >= 4 is 21.7 Å². The first-order valence-electron chi connectivity index (χ1n) is 4.84. The first kappa shape index (κ1) is 14.0. The van der Waals surface area contributed by atoms with Crippen LogP contribution in [-0.2, 0) is 6.54 Å². The minimum absolute atomic E-state index is 0.255. The predicted octanol–water partition coefficient (Wildman–Crippen LogP) is 3.36. The fraction of sp³-hybridized carbons (Fsp3) is 0.400. The number of aromatic nitrogens is 2. The average Bonchev–Trinajstić information content (AvgIpc) is 2.57. The molecule has 0 fully saturated rings. The molecule has 0 saturated carbocycles. The summed E-state index contributed by atoms with van der Waals surface area (Å²) in [6, 6.07) is 0. The molecule has 0 N–H and O–H groups in total. The molecule has 3 nitrogen and oxygen atoms in total. The van der Waals surface area contributed by atoms with Crippen molar-refractivity contribution in [2.24, 2.45) is 0 Å². The van der Waals surface area contributed by atoms with Crippen LogP contribution in [0, 0.1) is 0 Å². The first-order valence-corrected chi connectivity index (χ1v) is 5.63. The molecule has 7 heteroatoms. The average molecular weight is 311 g/mol. The Labute approximate surface area is 104 Å². The van der Waals surface area contributed by atoms with Crippen LogP contribution in [0.1, 0.15) is 23.8 Å². The molecule has 1 heterocycles. The van der Waals surface area contributed by atoms with Gasteiger partial charge in [0.1, 0.15) is 5.69 Å². The van der Waals surface area contributed by atoms with Gasteiger partial charge in [-0.2, -0.15) is 18.3 Å². The molecule has 94 valence electrons. The maximum Gasteiger partial charge on any atom is 0.392 e. The van der Waals surface area contributed by atoms with E-state index in [9.17, 15) is 18.0 Å². The molecule has 0 aliphatic carbocycles. The molecule has 1 aromatic rings. The molecule has 0 spiro atoms. The number of alkyl halides is 3. The second-order valence-corrected chi connectivity index (χ2v) is 4.10. The Bertz CT molecular complexity index is 437. The van der Waals surface area contributed by atoms with E-state index in [-0.39, 0.29) is 5.69 Å². The van der Waals surface area contributed by atoms with Gasteiger partial charge in [-0.15, -0.1) is 0 Å². The van der Waals surface area contributed by atoms with E-state index in [1.807, 2.05) is 0 Å². The summed E-state index contributed by atoms with van der Waals surface area (Å²) in [5.74, 6) is -0.500. The molecule has 0 amide bonds. The van der Waals surface area contributed by atoms with E-state index in [1.54, 1.807) is 6.92 Å². The third kappa shape index (κ3) is 3.99. The third-order valence-electron chi connectivity index (χ3n) is 1.95. The van der Waals surface area contributed by atoms with Crippen LogP contribution in [-0.4, -0.2) is 21.7 Å². The topological polar surface area (TPSA) is 34.9 Å². The Hall–Kier alpha value is -1.11. The van der Waals surface area contributed by atoms with E-state index in [4.69, 9.17) is 0 Å². The fourth-order valence-electron chi connectivity index (χ4n) is 1.23.